The minimum absolute atomic E-state index is 0.127. The van der Waals surface area contributed by atoms with E-state index in [2.05, 4.69) is 15.6 Å². The Morgan fingerprint density at radius 3 is 2.56 bits per heavy atom. The number of carbonyl (C=O) groups is 2. The van der Waals surface area contributed by atoms with Crippen LogP contribution in [0.5, 0.6) is 5.75 Å². The predicted octanol–water partition coefficient (Wildman–Crippen LogP) is 2.64. The lowest BCUT2D eigenvalue weighted by molar-refractivity contribution is -0.115. The van der Waals surface area contributed by atoms with E-state index >= 15 is 0 Å². The number of carbonyl (C=O) groups excluding carboxylic acids is 2. The number of halogens is 1. The van der Waals surface area contributed by atoms with Crippen molar-refractivity contribution in [3.8, 4) is 5.75 Å². The zero-order valence-electron chi connectivity index (χ0n) is 14.3. The Hall–Kier alpha value is -2.96. The average Bonchev–Trinajstić information content (AvgIpc) is 2.48. The fourth-order valence-corrected chi connectivity index (χ4v) is 2.10. The van der Waals surface area contributed by atoms with Gasteiger partial charge >= 0.3 is 0 Å². The molecular weight excluding hydrogens is 325 g/mol. The number of nitrogens with zero attached hydrogens (tertiary/aromatic N) is 1. The maximum Gasteiger partial charge on any atom is 0.270 e. The van der Waals surface area contributed by atoms with E-state index in [0.29, 0.717) is 11.3 Å². The second kappa shape index (κ2) is 7.29. The topological polar surface area (TPSA) is 91.3 Å². The van der Waals surface area contributed by atoms with Gasteiger partial charge in [-0.2, -0.15) is 0 Å². The monoisotopic (exact) mass is 345 g/mol. The van der Waals surface area contributed by atoms with Crippen LogP contribution >= 0.6 is 0 Å². The Morgan fingerprint density at radius 2 is 1.92 bits per heavy atom. The Morgan fingerprint density at radius 1 is 1.20 bits per heavy atom. The van der Waals surface area contributed by atoms with Gasteiger partial charge in [0.15, 0.2) is 0 Å². The quantitative estimate of drug-likeness (QED) is 0.794. The lowest BCUT2D eigenvalue weighted by Gasteiger charge is -2.20. The van der Waals surface area contributed by atoms with E-state index in [-0.39, 0.29) is 23.8 Å². The molecule has 0 spiro atoms. The van der Waals surface area contributed by atoms with Gasteiger partial charge in [-0.3, -0.25) is 14.6 Å². The van der Waals surface area contributed by atoms with Crippen molar-refractivity contribution in [2.45, 2.75) is 32.7 Å². The number of hydrogen-bond acceptors (Lipinski definition) is 4. The molecule has 1 aromatic carbocycles. The molecule has 2 rings (SSSR count). The normalized spacial score (nSPS) is 11.0. The van der Waals surface area contributed by atoms with Crippen LogP contribution in [-0.4, -0.2) is 27.4 Å². The lowest BCUT2D eigenvalue weighted by Crippen LogP contribution is -2.40. The van der Waals surface area contributed by atoms with Gasteiger partial charge in [0.2, 0.25) is 5.91 Å². The number of rotatable bonds is 4. The Bertz CT molecular complexity index is 800. The summed E-state index contributed by atoms with van der Waals surface area (Å²) in [5.41, 5.74) is 0.481. The lowest BCUT2D eigenvalue weighted by atomic mass is 10.1. The molecule has 6 nitrogen and oxygen atoms in total. The first-order valence-corrected chi connectivity index (χ1v) is 7.70. The van der Waals surface area contributed by atoms with E-state index < -0.39 is 17.3 Å². The molecule has 0 fully saturated rings. The third-order valence-corrected chi connectivity index (χ3v) is 3.16. The SMILES string of the molecule is CC(C)(C)NC(=O)c1cc(NC(=O)Cc2ccc(F)cc2O)ccn1. The van der Waals surface area contributed by atoms with Gasteiger partial charge in [0, 0.05) is 29.1 Å². The van der Waals surface area contributed by atoms with E-state index in [4.69, 9.17) is 0 Å². The van der Waals surface area contributed by atoms with Crippen molar-refractivity contribution in [1.82, 2.24) is 10.3 Å². The van der Waals surface area contributed by atoms with Crippen molar-refractivity contribution in [2.75, 3.05) is 5.32 Å². The fourth-order valence-electron chi connectivity index (χ4n) is 2.10. The molecule has 7 heteroatoms. The number of pyridine rings is 1. The highest BCUT2D eigenvalue weighted by molar-refractivity contribution is 5.96. The summed E-state index contributed by atoms with van der Waals surface area (Å²) in [5.74, 6) is -1.62. The van der Waals surface area contributed by atoms with Crippen molar-refractivity contribution in [1.29, 1.82) is 0 Å². The molecule has 1 aromatic heterocycles. The summed E-state index contributed by atoms with van der Waals surface area (Å²) in [4.78, 5) is 28.2. The Balaban J connectivity index is 2.06. The number of nitrogens with one attached hydrogen (secondary N) is 2. The number of anilines is 1. The molecular formula is C18H20FN3O3. The third-order valence-electron chi connectivity index (χ3n) is 3.16. The molecule has 0 saturated heterocycles. The highest BCUT2D eigenvalue weighted by Crippen LogP contribution is 2.19. The maximum absolute atomic E-state index is 13.0. The summed E-state index contributed by atoms with van der Waals surface area (Å²) in [6.07, 6.45) is 1.29. The molecule has 1 heterocycles. The van der Waals surface area contributed by atoms with E-state index in [0.717, 1.165) is 6.07 Å². The predicted molar refractivity (Wildman–Crippen MR) is 91.9 cm³/mol. The van der Waals surface area contributed by atoms with Gasteiger partial charge in [0.25, 0.3) is 5.91 Å². The van der Waals surface area contributed by atoms with Crippen molar-refractivity contribution < 1.29 is 19.1 Å². The molecule has 25 heavy (non-hydrogen) atoms. The fraction of sp³-hybridized carbons (Fsp3) is 0.278. The van der Waals surface area contributed by atoms with E-state index in [9.17, 15) is 19.1 Å². The molecule has 0 unspecified atom stereocenters. The first-order valence-electron chi connectivity index (χ1n) is 7.70. The standard InChI is InChI=1S/C18H20FN3O3/c1-18(2,3)22-17(25)14-10-13(6-7-20-14)21-16(24)8-11-4-5-12(19)9-15(11)23/h4-7,9-10,23H,8H2,1-3H3,(H,22,25)(H,20,21,24). The maximum atomic E-state index is 13.0. The van der Waals surface area contributed by atoms with Crippen LogP contribution in [-0.2, 0) is 11.2 Å². The zero-order valence-corrected chi connectivity index (χ0v) is 14.3. The zero-order chi connectivity index (χ0) is 18.6. The van der Waals surface area contributed by atoms with Crippen LogP contribution in [0.3, 0.4) is 0 Å². The molecule has 2 amide bonds. The first-order chi connectivity index (χ1) is 11.6. The number of hydrogen-bond donors (Lipinski definition) is 3. The largest absolute Gasteiger partial charge is 0.508 e. The summed E-state index contributed by atoms with van der Waals surface area (Å²) in [6.45, 7) is 5.56. The van der Waals surface area contributed by atoms with Crippen LogP contribution in [0.2, 0.25) is 0 Å². The Labute approximate surface area is 145 Å². The summed E-state index contributed by atoms with van der Waals surface area (Å²) in [6, 6.07) is 6.48. The molecule has 3 N–H and O–H groups in total. The van der Waals surface area contributed by atoms with Gasteiger partial charge in [0.1, 0.15) is 17.3 Å². The Kier molecular flexibility index (Phi) is 5.36. The summed E-state index contributed by atoms with van der Waals surface area (Å²) >= 11 is 0. The van der Waals surface area contributed by atoms with Crippen molar-refractivity contribution in [3.05, 3.63) is 53.6 Å². The molecule has 0 aliphatic heterocycles. The van der Waals surface area contributed by atoms with Gasteiger partial charge < -0.3 is 15.7 Å². The minimum Gasteiger partial charge on any atom is -0.508 e. The number of benzene rings is 1. The summed E-state index contributed by atoms with van der Waals surface area (Å²) in [7, 11) is 0. The number of phenols is 1. The van der Waals surface area contributed by atoms with Gasteiger partial charge in [-0.05, 0) is 39.0 Å². The van der Waals surface area contributed by atoms with Gasteiger partial charge in [-0.25, -0.2) is 4.39 Å². The number of aromatic hydroxyl groups is 1. The minimum atomic E-state index is -0.578. The van der Waals surface area contributed by atoms with Gasteiger partial charge in [-0.15, -0.1) is 0 Å². The van der Waals surface area contributed by atoms with Gasteiger partial charge in [-0.1, -0.05) is 6.07 Å². The van der Waals surface area contributed by atoms with Crippen molar-refractivity contribution >= 4 is 17.5 Å². The number of phenolic OH excluding ortho intramolecular Hbond substituents is 1. The molecule has 0 atom stereocenters. The molecule has 0 saturated carbocycles. The second-order valence-electron chi connectivity index (χ2n) is 6.63. The van der Waals surface area contributed by atoms with Crippen LogP contribution in [0.25, 0.3) is 0 Å². The van der Waals surface area contributed by atoms with E-state index in [1.54, 1.807) is 6.07 Å². The van der Waals surface area contributed by atoms with Crippen LogP contribution in [0.1, 0.15) is 36.8 Å². The van der Waals surface area contributed by atoms with Crippen LogP contribution in [0, 0.1) is 5.82 Å². The highest BCUT2D eigenvalue weighted by atomic mass is 19.1. The third kappa shape index (κ3) is 5.56. The van der Waals surface area contributed by atoms with E-state index in [1.165, 1.54) is 24.4 Å². The van der Waals surface area contributed by atoms with Crippen molar-refractivity contribution in [2.24, 2.45) is 0 Å². The average molecular weight is 345 g/mol. The summed E-state index contributed by atoms with van der Waals surface area (Å²) in [5, 5.41) is 15.1. The molecule has 0 aliphatic carbocycles. The molecule has 0 aliphatic rings. The summed E-state index contributed by atoms with van der Waals surface area (Å²) < 4.78 is 13.0. The highest BCUT2D eigenvalue weighted by Gasteiger charge is 2.17. The molecule has 132 valence electrons. The van der Waals surface area contributed by atoms with Crippen molar-refractivity contribution in [3.63, 3.8) is 0 Å². The smallest absolute Gasteiger partial charge is 0.270 e. The number of aromatic nitrogens is 1. The second-order valence-corrected chi connectivity index (χ2v) is 6.63. The van der Waals surface area contributed by atoms with E-state index in [1.807, 2.05) is 20.8 Å². The van der Waals surface area contributed by atoms with Crippen LogP contribution in [0.4, 0.5) is 10.1 Å². The van der Waals surface area contributed by atoms with Gasteiger partial charge in [0.05, 0.1) is 6.42 Å². The first kappa shape index (κ1) is 18.4. The van der Waals surface area contributed by atoms with Crippen LogP contribution < -0.4 is 10.6 Å². The number of amides is 2. The molecule has 2 aromatic rings. The van der Waals surface area contributed by atoms with Crippen LogP contribution in [0.15, 0.2) is 36.5 Å². The molecule has 0 bridgehead atoms. The molecule has 0 radical (unpaired) electrons.